The monoisotopic (exact) mass is 495 g/mol. The van der Waals surface area contributed by atoms with Gasteiger partial charge in [0.1, 0.15) is 11.4 Å². The first-order chi connectivity index (χ1) is 18.1. The molecule has 3 aromatic carbocycles. The molecule has 5 nitrogen and oxygen atoms in total. The van der Waals surface area contributed by atoms with E-state index in [4.69, 9.17) is 4.74 Å². The van der Waals surface area contributed by atoms with Crippen LogP contribution in [0.15, 0.2) is 79.0 Å². The average Bonchev–Trinajstić information content (AvgIpc) is 3.63. The Morgan fingerprint density at radius 2 is 1.68 bits per heavy atom. The molecule has 1 aliphatic carbocycles. The molecule has 1 saturated carbocycles. The smallest absolute Gasteiger partial charge is 0.415 e. The van der Waals surface area contributed by atoms with Crippen molar-refractivity contribution < 1.29 is 13.9 Å². The van der Waals surface area contributed by atoms with Gasteiger partial charge in [0, 0.05) is 61.3 Å². The number of benzene rings is 3. The topological polar surface area (TPSA) is 37.7 Å². The van der Waals surface area contributed by atoms with E-state index in [1.54, 1.807) is 4.90 Å². The molecule has 4 aromatic rings. The summed E-state index contributed by atoms with van der Waals surface area (Å²) in [6.07, 6.45) is 6.20. The second-order valence-electron chi connectivity index (χ2n) is 10.7. The molecule has 37 heavy (non-hydrogen) atoms. The van der Waals surface area contributed by atoms with Crippen molar-refractivity contribution >= 4 is 22.7 Å². The number of rotatable bonds is 5. The van der Waals surface area contributed by atoms with E-state index >= 15 is 0 Å². The van der Waals surface area contributed by atoms with E-state index < -0.39 is 5.60 Å². The highest BCUT2D eigenvalue weighted by molar-refractivity contribution is 5.98. The quantitative estimate of drug-likeness (QED) is 0.307. The average molecular weight is 496 g/mol. The van der Waals surface area contributed by atoms with E-state index in [2.05, 4.69) is 33.9 Å². The zero-order valence-corrected chi connectivity index (χ0v) is 20.8. The van der Waals surface area contributed by atoms with Gasteiger partial charge in [0.15, 0.2) is 0 Å². The van der Waals surface area contributed by atoms with Gasteiger partial charge < -0.3 is 9.30 Å². The van der Waals surface area contributed by atoms with E-state index in [1.807, 2.05) is 42.5 Å². The molecule has 0 bridgehead atoms. The lowest BCUT2D eigenvalue weighted by molar-refractivity contribution is -0.000889. The van der Waals surface area contributed by atoms with Crippen LogP contribution in [0.5, 0.6) is 0 Å². The lowest BCUT2D eigenvalue weighted by Gasteiger charge is -2.37. The Labute approximate surface area is 216 Å². The van der Waals surface area contributed by atoms with E-state index in [1.165, 1.54) is 41.4 Å². The fourth-order valence-electron chi connectivity index (χ4n) is 6.09. The number of amides is 1. The van der Waals surface area contributed by atoms with Gasteiger partial charge in [0.25, 0.3) is 0 Å². The summed E-state index contributed by atoms with van der Waals surface area (Å²) in [5, 5.41) is 1.27. The molecule has 6 heteroatoms. The predicted octanol–water partition coefficient (Wildman–Crippen LogP) is 6.77. The standard InChI is InChI=1S/C31H30FN3O2/c32-24-11-9-22(10-12-24)27-7-4-8-28-29(27)23(20-34(28)26-13-14-26)19-33-17-15-31(16-18-33)21-35(30(36)37-31)25-5-2-1-3-6-25/h1-12,20,26H,13-19,21H2. The number of nitrogens with zero attached hydrogens (tertiary/aromatic N) is 3. The van der Waals surface area contributed by atoms with Crippen molar-refractivity contribution in [2.45, 2.75) is 43.9 Å². The molecule has 0 atom stereocenters. The fourth-order valence-corrected chi connectivity index (χ4v) is 6.09. The molecule has 1 spiro atoms. The predicted molar refractivity (Wildman–Crippen MR) is 143 cm³/mol. The molecule has 0 unspecified atom stereocenters. The number of aromatic nitrogens is 1. The molecule has 1 aromatic heterocycles. The van der Waals surface area contributed by atoms with Gasteiger partial charge in [-0.05, 0) is 59.9 Å². The maximum Gasteiger partial charge on any atom is 0.415 e. The van der Waals surface area contributed by atoms with Crippen molar-refractivity contribution in [1.29, 1.82) is 0 Å². The summed E-state index contributed by atoms with van der Waals surface area (Å²) < 4.78 is 22.1. The molecule has 3 aliphatic rings. The van der Waals surface area contributed by atoms with Crippen molar-refractivity contribution in [2.75, 3.05) is 24.5 Å². The second kappa shape index (κ2) is 8.73. The highest BCUT2D eigenvalue weighted by Crippen LogP contribution is 2.42. The van der Waals surface area contributed by atoms with Gasteiger partial charge in [-0.1, -0.05) is 42.5 Å². The largest absolute Gasteiger partial charge is 0.441 e. The Kier molecular flexibility index (Phi) is 5.32. The molecule has 1 amide bonds. The fraction of sp³-hybridized carbons (Fsp3) is 0.323. The van der Waals surface area contributed by atoms with Gasteiger partial charge in [0.05, 0.1) is 6.54 Å². The Morgan fingerprint density at radius 3 is 2.41 bits per heavy atom. The van der Waals surface area contributed by atoms with Crippen LogP contribution in [-0.2, 0) is 11.3 Å². The van der Waals surface area contributed by atoms with E-state index in [-0.39, 0.29) is 11.9 Å². The van der Waals surface area contributed by atoms with E-state index in [0.29, 0.717) is 12.6 Å². The van der Waals surface area contributed by atoms with E-state index in [9.17, 15) is 9.18 Å². The summed E-state index contributed by atoms with van der Waals surface area (Å²) in [5.74, 6) is -0.215. The normalized spacial score (nSPS) is 19.6. The van der Waals surface area contributed by atoms with E-state index in [0.717, 1.165) is 49.3 Å². The Morgan fingerprint density at radius 1 is 0.919 bits per heavy atom. The molecule has 188 valence electrons. The summed E-state index contributed by atoms with van der Waals surface area (Å²) in [6.45, 7) is 3.22. The van der Waals surface area contributed by atoms with Crippen LogP contribution in [0.25, 0.3) is 22.0 Å². The molecule has 3 heterocycles. The lowest BCUT2D eigenvalue weighted by Crippen LogP contribution is -2.46. The number of ether oxygens (including phenoxy) is 1. The maximum absolute atomic E-state index is 13.6. The zero-order chi connectivity index (χ0) is 25.0. The number of fused-ring (bicyclic) bond motifs is 1. The third kappa shape index (κ3) is 4.09. The minimum absolute atomic E-state index is 0.215. The molecule has 0 radical (unpaired) electrons. The number of carbonyl (C=O) groups is 1. The molecule has 2 aliphatic heterocycles. The van der Waals surface area contributed by atoms with Crippen LogP contribution in [0.4, 0.5) is 14.9 Å². The van der Waals surface area contributed by atoms with Crippen molar-refractivity contribution in [3.8, 4) is 11.1 Å². The molecule has 0 N–H and O–H groups in total. The number of hydrogen-bond acceptors (Lipinski definition) is 3. The van der Waals surface area contributed by atoms with Crippen LogP contribution in [0.3, 0.4) is 0 Å². The minimum Gasteiger partial charge on any atom is -0.441 e. The number of piperidine rings is 1. The van der Waals surface area contributed by atoms with Gasteiger partial charge in [0.2, 0.25) is 0 Å². The summed E-state index contributed by atoms with van der Waals surface area (Å²) in [4.78, 5) is 17.0. The first-order valence-electron chi connectivity index (χ1n) is 13.2. The molecule has 2 saturated heterocycles. The molecular weight excluding hydrogens is 465 g/mol. The Hall–Kier alpha value is -3.64. The number of carbonyl (C=O) groups excluding carboxylic acids is 1. The van der Waals surface area contributed by atoms with Crippen LogP contribution in [-0.4, -0.2) is 40.8 Å². The van der Waals surface area contributed by atoms with Crippen molar-refractivity contribution in [3.63, 3.8) is 0 Å². The number of hydrogen-bond donors (Lipinski definition) is 0. The van der Waals surface area contributed by atoms with Gasteiger partial charge in [-0.25, -0.2) is 9.18 Å². The highest BCUT2D eigenvalue weighted by atomic mass is 19.1. The number of halogens is 1. The van der Waals surface area contributed by atoms with Gasteiger partial charge >= 0.3 is 6.09 Å². The summed E-state index contributed by atoms with van der Waals surface area (Å²) in [6, 6.07) is 23.7. The lowest BCUT2D eigenvalue weighted by atomic mass is 9.90. The van der Waals surface area contributed by atoms with Gasteiger partial charge in [-0.15, -0.1) is 0 Å². The van der Waals surface area contributed by atoms with Crippen molar-refractivity contribution in [1.82, 2.24) is 9.47 Å². The molecule has 3 fully saturated rings. The second-order valence-corrected chi connectivity index (χ2v) is 10.7. The summed E-state index contributed by atoms with van der Waals surface area (Å²) in [5.41, 5.74) is 5.25. The number of para-hydroxylation sites is 1. The van der Waals surface area contributed by atoms with Crippen LogP contribution >= 0.6 is 0 Å². The molecule has 7 rings (SSSR count). The third-order valence-electron chi connectivity index (χ3n) is 8.23. The summed E-state index contributed by atoms with van der Waals surface area (Å²) in [7, 11) is 0. The zero-order valence-electron chi connectivity index (χ0n) is 20.8. The number of likely N-dealkylation sites (tertiary alicyclic amines) is 1. The van der Waals surface area contributed by atoms with Crippen LogP contribution in [0.2, 0.25) is 0 Å². The van der Waals surface area contributed by atoms with Crippen LogP contribution in [0, 0.1) is 5.82 Å². The Bertz CT molecular complexity index is 1450. The van der Waals surface area contributed by atoms with Crippen LogP contribution < -0.4 is 4.90 Å². The van der Waals surface area contributed by atoms with Crippen molar-refractivity contribution in [2.24, 2.45) is 0 Å². The van der Waals surface area contributed by atoms with Gasteiger partial charge in [-0.2, -0.15) is 0 Å². The Balaban J connectivity index is 1.14. The van der Waals surface area contributed by atoms with Crippen molar-refractivity contribution in [3.05, 3.63) is 90.4 Å². The summed E-state index contributed by atoms with van der Waals surface area (Å²) >= 11 is 0. The molecular formula is C31H30FN3O2. The minimum atomic E-state index is -0.412. The first-order valence-corrected chi connectivity index (χ1v) is 13.2. The third-order valence-corrected chi connectivity index (χ3v) is 8.23. The highest BCUT2D eigenvalue weighted by Gasteiger charge is 2.47. The maximum atomic E-state index is 13.6. The number of anilines is 1. The van der Waals surface area contributed by atoms with Gasteiger partial charge in [-0.3, -0.25) is 9.80 Å². The van der Waals surface area contributed by atoms with Crippen LogP contribution in [0.1, 0.15) is 37.3 Å². The first kappa shape index (κ1) is 22.5. The SMILES string of the molecule is O=C1OC2(CCN(Cc3cn(C4CC4)c4cccc(-c5ccc(F)cc5)c34)CC2)CN1c1ccccc1.